The third-order valence-corrected chi connectivity index (χ3v) is 1.85. The highest BCUT2D eigenvalue weighted by Gasteiger charge is 2.13. The molecular formula is C9H18N2O3. The first kappa shape index (κ1) is 12.9. The van der Waals surface area contributed by atoms with E-state index in [-0.39, 0.29) is 18.9 Å². The van der Waals surface area contributed by atoms with Gasteiger partial charge in [-0.25, -0.2) is 0 Å². The Morgan fingerprint density at radius 2 is 1.79 bits per heavy atom. The summed E-state index contributed by atoms with van der Waals surface area (Å²) in [6.07, 6.45) is 1.81. The Morgan fingerprint density at radius 3 is 2.14 bits per heavy atom. The third-order valence-electron chi connectivity index (χ3n) is 1.85. The molecule has 0 aromatic carbocycles. The number of nitro groups is 1. The molecule has 82 valence electrons. The minimum Gasteiger partial charge on any atom is -0.343 e. The average Bonchev–Trinajstić information content (AvgIpc) is 2.14. The molecule has 0 aromatic rings. The van der Waals surface area contributed by atoms with Gasteiger partial charge in [0.15, 0.2) is 0 Å². The molecule has 1 amide bonds. The van der Waals surface area contributed by atoms with Crippen LogP contribution in [0.4, 0.5) is 0 Å². The van der Waals surface area contributed by atoms with Crippen molar-refractivity contribution in [1.82, 2.24) is 4.90 Å². The molecule has 0 N–H and O–H groups in total. The molecule has 0 saturated heterocycles. The van der Waals surface area contributed by atoms with E-state index in [1.807, 2.05) is 13.8 Å². The maximum atomic E-state index is 11.4. The third kappa shape index (κ3) is 5.50. The van der Waals surface area contributed by atoms with Gasteiger partial charge in [-0.05, 0) is 12.8 Å². The van der Waals surface area contributed by atoms with E-state index in [4.69, 9.17) is 0 Å². The topological polar surface area (TPSA) is 63.5 Å². The molecule has 0 saturated carbocycles. The van der Waals surface area contributed by atoms with Gasteiger partial charge in [0.1, 0.15) is 0 Å². The molecule has 0 aliphatic heterocycles. The first-order valence-corrected chi connectivity index (χ1v) is 5.01. The standard InChI is InChI=1S/C9H18N2O3/c1-3-6-10(7-4-2)9(12)5-8-11(13)14/h3-8H2,1-2H3. The second-order valence-corrected chi connectivity index (χ2v) is 3.19. The molecule has 0 atom stereocenters. The van der Waals surface area contributed by atoms with Crippen LogP contribution in [0.5, 0.6) is 0 Å². The monoisotopic (exact) mass is 202 g/mol. The number of hydrogen-bond acceptors (Lipinski definition) is 3. The summed E-state index contributed by atoms with van der Waals surface area (Å²) in [6, 6.07) is 0. The highest BCUT2D eigenvalue weighted by molar-refractivity contribution is 5.76. The molecule has 0 aromatic heterocycles. The Labute approximate surface area is 84.2 Å². The van der Waals surface area contributed by atoms with Crippen LogP contribution in [0.3, 0.4) is 0 Å². The highest BCUT2D eigenvalue weighted by Crippen LogP contribution is 1.98. The Kier molecular flexibility index (Phi) is 6.70. The molecule has 5 nitrogen and oxygen atoms in total. The van der Waals surface area contributed by atoms with E-state index in [2.05, 4.69) is 0 Å². The molecule has 0 fully saturated rings. The molecular weight excluding hydrogens is 184 g/mol. The second kappa shape index (κ2) is 7.29. The lowest BCUT2D eigenvalue weighted by atomic mass is 10.3. The van der Waals surface area contributed by atoms with E-state index in [1.165, 1.54) is 0 Å². The van der Waals surface area contributed by atoms with Gasteiger partial charge in [-0.15, -0.1) is 0 Å². The van der Waals surface area contributed by atoms with Crippen molar-refractivity contribution < 1.29 is 9.72 Å². The zero-order chi connectivity index (χ0) is 11.0. The number of carbonyl (C=O) groups is 1. The van der Waals surface area contributed by atoms with Gasteiger partial charge in [0.05, 0.1) is 6.42 Å². The highest BCUT2D eigenvalue weighted by atomic mass is 16.6. The van der Waals surface area contributed by atoms with Gasteiger partial charge >= 0.3 is 0 Å². The summed E-state index contributed by atoms with van der Waals surface area (Å²) < 4.78 is 0. The van der Waals surface area contributed by atoms with Crippen LogP contribution in [0.1, 0.15) is 33.1 Å². The van der Waals surface area contributed by atoms with Crippen molar-refractivity contribution >= 4 is 5.91 Å². The van der Waals surface area contributed by atoms with Gasteiger partial charge in [-0.2, -0.15) is 0 Å². The quantitative estimate of drug-likeness (QED) is 0.461. The Morgan fingerprint density at radius 1 is 1.29 bits per heavy atom. The summed E-state index contributed by atoms with van der Waals surface area (Å²) >= 11 is 0. The first-order chi connectivity index (χ1) is 6.61. The number of amides is 1. The van der Waals surface area contributed by atoms with Crippen LogP contribution in [0.2, 0.25) is 0 Å². The molecule has 0 radical (unpaired) electrons. The van der Waals surface area contributed by atoms with Crippen molar-refractivity contribution in [2.45, 2.75) is 33.1 Å². The van der Waals surface area contributed by atoms with Gasteiger partial charge in [0.25, 0.3) is 0 Å². The van der Waals surface area contributed by atoms with E-state index in [0.717, 1.165) is 12.8 Å². The Bertz CT molecular complexity index is 188. The lowest BCUT2D eigenvalue weighted by Gasteiger charge is -2.20. The lowest BCUT2D eigenvalue weighted by molar-refractivity contribution is -0.478. The maximum absolute atomic E-state index is 11.4. The predicted octanol–water partition coefficient (Wildman–Crippen LogP) is 1.30. The zero-order valence-corrected chi connectivity index (χ0v) is 8.86. The first-order valence-electron chi connectivity index (χ1n) is 5.01. The fraction of sp³-hybridized carbons (Fsp3) is 0.889. The molecule has 0 bridgehead atoms. The van der Waals surface area contributed by atoms with Gasteiger partial charge in [0.2, 0.25) is 12.5 Å². The van der Waals surface area contributed by atoms with Crippen molar-refractivity contribution in [2.24, 2.45) is 0 Å². The van der Waals surface area contributed by atoms with Crippen molar-refractivity contribution in [1.29, 1.82) is 0 Å². The summed E-state index contributed by atoms with van der Waals surface area (Å²) in [4.78, 5) is 22.8. The molecule has 14 heavy (non-hydrogen) atoms. The number of carbonyl (C=O) groups excluding carboxylic acids is 1. The normalized spacial score (nSPS) is 9.86. The van der Waals surface area contributed by atoms with E-state index in [0.29, 0.717) is 13.1 Å². The summed E-state index contributed by atoms with van der Waals surface area (Å²) in [5, 5.41) is 10.1. The van der Waals surface area contributed by atoms with Crippen LogP contribution in [-0.4, -0.2) is 35.4 Å². The zero-order valence-electron chi connectivity index (χ0n) is 8.86. The van der Waals surface area contributed by atoms with Crippen LogP contribution in [0.25, 0.3) is 0 Å². The van der Waals surface area contributed by atoms with Gasteiger partial charge < -0.3 is 4.90 Å². The molecule has 0 rings (SSSR count). The van der Waals surface area contributed by atoms with E-state index < -0.39 is 4.92 Å². The molecule has 0 unspecified atom stereocenters. The maximum Gasteiger partial charge on any atom is 0.229 e. The Hall–Kier alpha value is -1.13. The summed E-state index contributed by atoms with van der Waals surface area (Å²) in [5.74, 6) is -0.106. The summed E-state index contributed by atoms with van der Waals surface area (Å²) in [7, 11) is 0. The van der Waals surface area contributed by atoms with Crippen LogP contribution in [-0.2, 0) is 4.79 Å². The number of rotatable bonds is 7. The smallest absolute Gasteiger partial charge is 0.229 e. The second-order valence-electron chi connectivity index (χ2n) is 3.19. The minimum absolute atomic E-state index is 0.0208. The average molecular weight is 202 g/mol. The van der Waals surface area contributed by atoms with Crippen molar-refractivity contribution in [3.8, 4) is 0 Å². The van der Waals surface area contributed by atoms with E-state index in [9.17, 15) is 14.9 Å². The van der Waals surface area contributed by atoms with Gasteiger partial charge in [0, 0.05) is 18.0 Å². The van der Waals surface area contributed by atoms with Crippen LogP contribution in [0.15, 0.2) is 0 Å². The van der Waals surface area contributed by atoms with Crippen molar-refractivity contribution in [3.05, 3.63) is 10.1 Å². The van der Waals surface area contributed by atoms with Crippen LogP contribution < -0.4 is 0 Å². The summed E-state index contributed by atoms with van der Waals surface area (Å²) in [6.45, 7) is 5.12. The van der Waals surface area contributed by atoms with E-state index in [1.54, 1.807) is 4.90 Å². The van der Waals surface area contributed by atoms with Crippen molar-refractivity contribution in [2.75, 3.05) is 19.6 Å². The van der Waals surface area contributed by atoms with Crippen LogP contribution in [0, 0.1) is 10.1 Å². The minimum atomic E-state index is -0.450. The molecule has 0 spiro atoms. The molecule has 0 heterocycles. The molecule has 0 aliphatic rings. The summed E-state index contributed by atoms with van der Waals surface area (Å²) in [5.41, 5.74) is 0. The molecule has 0 aliphatic carbocycles. The van der Waals surface area contributed by atoms with Crippen LogP contribution >= 0.6 is 0 Å². The Balaban J connectivity index is 3.94. The van der Waals surface area contributed by atoms with Gasteiger partial charge in [-0.3, -0.25) is 14.9 Å². The number of hydrogen-bond donors (Lipinski definition) is 0. The fourth-order valence-electron chi connectivity index (χ4n) is 1.25. The fourth-order valence-corrected chi connectivity index (χ4v) is 1.25. The predicted molar refractivity (Wildman–Crippen MR) is 53.6 cm³/mol. The SMILES string of the molecule is CCCN(CCC)C(=O)CC[N+](=O)[O-]. The van der Waals surface area contributed by atoms with Gasteiger partial charge in [-0.1, -0.05) is 13.8 Å². The van der Waals surface area contributed by atoms with Crippen molar-refractivity contribution in [3.63, 3.8) is 0 Å². The molecule has 5 heteroatoms. The number of nitrogens with zero attached hydrogens (tertiary/aromatic N) is 2. The van der Waals surface area contributed by atoms with E-state index >= 15 is 0 Å². The lowest BCUT2D eigenvalue weighted by Crippen LogP contribution is -2.33. The largest absolute Gasteiger partial charge is 0.343 e.